The van der Waals surface area contributed by atoms with E-state index in [0.717, 1.165) is 19.4 Å². The zero-order valence-corrected chi connectivity index (χ0v) is 11.7. The molecule has 0 radical (unpaired) electrons. The molecule has 1 saturated heterocycles. The molecule has 0 bridgehead atoms. The molecule has 1 aromatic carbocycles. The van der Waals surface area contributed by atoms with Crippen LogP contribution in [0.5, 0.6) is 0 Å². The number of likely N-dealkylation sites (tertiary alicyclic amines) is 1. The van der Waals surface area contributed by atoms with Crippen LogP contribution in [-0.4, -0.2) is 37.1 Å². The fourth-order valence-electron chi connectivity index (χ4n) is 2.15. The minimum absolute atomic E-state index is 0. The molecule has 4 nitrogen and oxygen atoms in total. The predicted molar refractivity (Wildman–Crippen MR) is 76.3 cm³/mol. The Hall–Kier alpha value is -1.33. The molecule has 106 valence electrons. The summed E-state index contributed by atoms with van der Waals surface area (Å²) in [7, 11) is 1.89. The monoisotopic (exact) mass is 287 g/mol. The molecule has 0 aromatic heterocycles. The quantitative estimate of drug-likeness (QED) is 0.878. The highest BCUT2D eigenvalue weighted by Crippen LogP contribution is 2.15. The van der Waals surface area contributed by atoms with E-state index >= 15 is 0 Å². The van der Waals surface area contributed by atoms with E-state index in [0.29, 0.717) is 12.6 Å². The molecule has 2 amide bonds. The fourth-order valence-corrected chi connectivity index (χ4v) is 2.15. The van der Waals surface area contributed by atoms with Crippen LogP contribution >= 0.6 is 12.4 Å². The zero-order valence-electron chi connectivity index (χ0n) is 10.9. The van der Waals surface area contributed by atoms with Crippen molar-refractivity contribution in [1.82, 2.24) is 10.2 Å². The average Bonchev–Trinajstić information content (AvgIpc) is 2.41. The van der Waals surface area contributed by atoms with Gasteiger partial charge >= 0.3 is 6.03 Å². The summed E-state index contributed by atoms with van der Waals surface area (Å²) in [6, 6.07) is 6.29. The molecule has 1 fully saturated rings. The molecule has 6 heteroatoms. The lowest BCUT2D eigenvalue weighted by molar-refractivity contribution is 0.187. The molecule has 2 rings (SSSR count). The molecule has 1 aliphatic heterocycles. The third-order valence-electron chi connectivity index (χ3n) is 3.23. The predicted octanol–water partition coefficient (Wildman–Crippen LogP) is 2.46. The Labute approximate surface area is 118 Å². The maximum atomic E-state index is 13.4. The first-order valence-corrected chi connectivity index (χ1v) is 6.18. The van der Waals surface area contributed by atoms with Crippen LogP contribution in [0.2, 0.25) is 0 Å². The van der Waals surface area contributed by atoms with Crippen LogP contribution in [0.15, 0.2) is 24.3 Å². The maximum absolute atomic E-state index is 13.4. The molecule has 1 heterocycles. The number of nitrogens with zero attached hydrogens (tertiary/aromatic N) is 1. The van der Waals surface area contributed by atoms with Crippen molar-refractivity contribution in [1.29, 1.82) is 0 Å². The number of carbonyl (C=O) groups is 1. The van der Waals surface area contributed by atoms with Crippen LogP contribution in [0.1, 0.15) is 12.8 Å². The molecule has 2 N–H and O–H groups in total. The molecule has 1 atom stereocenters. The lowest BCUT2D eigenvalue weighted by Gasteiger charge is -2.32. The number of amides is 2. The number of urea groups is 1. The van der Waals surface area contributed by atoms with Crippen molar-refractivity contribution in [3.05, 3.63) is 30.1 Å². The number of para-hydroxylation sites is 1. The molecule has 1 aliphatic rings. The van der Waals surface area contributed by atoms with E-state index in [4.69, 9.17) is 0 Å². The van der Waals surface area contributed by atoms with Gasteiger partial charge in [-0.1, -0.05) is 12.1 Å². The molecular formula is C13H19ClFN3O. The molecule has 19 heavy (non-hydrogen) atoms. The number of hydrogen-bond donors (Lipinski definition) is 2. The highest BCUT2D eigenvalue weighted by atomic mass is 35.5. The Morgan fingerprint density at radius 1 is 1.42 bits per heavy atom. The van der Waals surface area contributed by atoms with Crippen molar-refractivity contribution in [2.45, 2.75) is 18.9 Å². The van der Waals surface area contributed by atoms with E-state index in [1.54, 1.807) is 23.1 Å². The van der Waals surface area contributed by atoms with Crippen LogP contribution in [0, 0.1) is 5.82 Å². The van der Waals surface area contributed by atoms with Crippen molar-refractivity contribution in [2.75, 3.05) is 25.5 Å². The Bertz CT molecular complexity index is 430. The third-order valence-corrected chi connectivity index (χ3v) is 3.23. The highest BCUT2D eigenvalue weighted by Gasteiger charge is 2.22. The van der Waals surface area contributed by atoms with Crippen molar-refractivity contribution >= 4 is 24.1 Å². The van der Waals surface area contributed by atoms with Crippen LogP contribution < -0.4 is 10.6 Å². The summed E-state index contributed by atoms with van der Waals surface area (Å²) in [5.41, 5.74) is 0.231. The van der Waals surface area contributed by atoms with E-state index in [-0.39, 0.29) is 24.1 Å². The van der Waals surface area contributed by atoms with Gasteiger partial charge in [0.15, 0.2) is 0 Å². The van der Waals surface area contributed by atoms with Gasteiger partial charge in [0.2, 0.25) is 0 Å². The largest absolute Gasteiger partial charge is 0.323 e. The fraction of sp³-hybridized carbons (Fsp3) is 0.462. The van der Waals surface area contributed by atoms with Crippen LogP contribution in [0.3, 0.4) is 0 Å². The van der Waals surface area contributed by atoms with Gasteiger partial charge in [-0.3, -0.25) is 0 Å². The number of carbonyl (C=O) groups excluding carboxylic acids is 1. The number of anilines is 1. The third kappa shape index (κ3) is 4.08. The van der Waals surface area contributed by atoms with Crippen LogP contribution in [-0.2, 0) is 0 Å². The van der Waals surface area contributed by atoms with E-state index < -0.39 is 5.82 Å². The summed E-state index contributed by atoms with van der Waals surface area (Å²) in [5.74, 6) is -0.409. The summed E-state index contributed by atoms with van der Waals surface area (Å²) < 4.78 is 13.4. The maximum Gasteiger partial charge on any atom is 0.321 e. The van der Waals surface area contributed by atoms with Gasteiger partial charge in [0.05, 0.1) is 5.69 Å². The number of benzene rings is 1. The number of halogens is 2. The minimum Gasteiger partial charge on any atom is -0.323 e. The second-order valence-electron chi connectivity index (χ2n) is 4.48. The summed E-state index contributed by atoms with van der Waals surface area (Å²) >= 11 is 0. The summed E-state index contributed by atoms with van der Waals surface area (Å²) in [5, 5.41) is 5.78. The first-order valence-electron chi connectivity index (χ1n) is 6.18. The van der Waals surface area contributed by atoms with Crippen molar-refractivity contribution in [3.8, 4) is 0 Å². The van der Waals surface area contributed by atoms with Gasteiger partial charge < -0.3 is 15.5 Å². The summed E-state index contributed by atoms with van der Waals surface area (Å²) in [4.78, 5) is 13.7. The smallest absolute Gasteiger partial charge is 0.321 e. The molecule has 1 aromatic rings. The number of hydrogen-bond acceptors (Lipinski definition) is 2. The second-order valence-corrected chi connectivity index (χ2v) is 4.48. The first-order chi connectivity index (χ1) is 8.70. The highest BCUT2D eigenvalue weighted by molar-refractivity contribution is 5.89. The number of nitrogens with one attached hydrogen (secondary N) is 2. The van der Waals surface area contributed by atoms with Crippen molar-refractivity contribution < 1.29 is 9.18 Å². The molecule has 0 unspecified atom stereocenters. The van der Waals surface area contributed by atoms with Crippen LogP contribution in [0.25, 0.3) is 0 Å². The number of likely N-dealkylation sites (N-methyl/N-ethyl adjacent to an activating group) is 1. The second kappa shape index (κ2) is 7.31. The van der Waals surface area contributed by atoms with E-state index in [1.165, 1.54) is 6.07 Å². The topological polar surface area (TPSA) is 44.4 Å². The first kappa shape index (κ1) is 15.7. The van der Waals surface area contributed by atoms with Gasteiger partial charge in [-0.05, 0) is 32.0 Å². The molecule has 0 aliphatic carbocycles. The van der Waals surface area contributed by atoms with Crippen LogP contribution in [0.4, 0.5) is 14.9 Å². The lowest BCUT2D eigenvalue weighted by atomic mass is 10.1. The standard InChI is InChI=1S/C13H18FN3O.ClH/c1-15-10-5-4-8-17(9-10)13(18)16-12-7-3-2-6-11(12)14;/h2-3,6-7,10,15H,4-5,8-9H2,1H3,(H,16,18);1H/t10-;/m0./s1. The van der Waals surface area contributed by atoms with Crippen molar-refractivity contribution in [3.63, 3.8) is 0 Å². The Kier molecular flexibility index (Phi) is 6.05. The van der Waals surface area contributed by atoms with Gasteiger partial charge in [-0.25, -0.2) is 9.18 Å². The van der Waals surface area contributed by atoms with Gasteiger partial charge in [-0.15, -0.1) is 12.4 Å². The minimum atomic E-state index is -0.409. The van der Waals surface area contributed by atoms with Gasteiger partial charge in [0.1, 0.15) is 5.82 Å². The summed E-state index contributed by atoms with van der Waals surface area (Å²) in [6.07, 6.45) is 2.04. The van der Waals surface area contributed by atoms with E-state index in [9.17, 15) is 9.18 Å². The van der Waals surface area contributed by atoms with Gasteiger partial charge in [0, 0.05) is 19.1 Å². The zero-order chi connectivity index (χ0) is 13.0. The van der Waals surface area contributed by atoms with Gasteiger partial charge in [0.25, 0.3) is 0 Å². The number of rotatable bonds is 2. The molecule has 0 spiro atoms. The van der Waals surface area contributed by atoms with Gasteiger partial charge in [-0.2, -0.15) is 0 Å². The molecule has 0 saturated carbocycles. The Morgan fingerprint density at radius 3 is 2.84 bits per heavy atom. The van der Waals surface area contributed by atoms with E-state index in [1.807, 2.05) is 7.05 Å². The SMILES string of the molecule is CN[C@H]1CCCN(C(=O)Nc2ccccc2F)C1.Cl. The molecular weight excluding hydrogens is 269 g/mol. The van der Waals surface area contributed by atoms with Crippen molar-refractivity contribution in [2.24, 2.45) is 0 Å². The van der Waals surface area contributed by atoms with E-state index in [2.05, 4.69) is 10.6 Å². The summed E-state index contributed by atoms with van der Waals surface area (Å²) in [6.45, 7) is 1.38. The average molecular weight is 288 g/mol. The lowest BCUT2D eigenvalue weighted by Crippen LogP contribution is -2.48. The number of piperidine rings is 1. The Morgan fingerprint density at radius 2 is 2.16 bits per heavy atom. The Balaban J connectivity index is 0.00000180. The normalized spacial score (nSPS) is 18.6.